The van der Waals surface area contributed by atoms with Gasteiger partial charge in [-0.15, -0.1) is 0 Å². The van der Waals surface area contributed by atoms with Crippen LogP contribution in [0.15, 0.2) is 22.7 Å². The largest absolute Gasteiger partial charge is 0.378 e. The molecule has 148 valence electrons. The number of benzene rings is 1. The molecule has 0 bridgehead atoms. The van der Waals surface area contributed by atoms with Crippen molar-refractivity contribution in [2.24, 2.45) is 5.92 Å². The van der Waals surface area contributed by atoms with Crippen LogP contribution >= 0.6 is 11.6 Å². The van der Waals surface area contributed by atoms with Crippen LogP contribution in [0.25, 0.3) is 11.3 Å². The summed E-state index contributed by atoms with van der Waals surface area (Å²) in [6.07, 6.45) is 3.74. The molecule has 1 aliphatic carbocycles. The Hall–Kier alpha value is -1.89. The maximum Gasteiger partial charge on any atom is 0.276 e. The van der Waals surface area contributed by atoms with Gasteiger partial charge in [0, 0.05) is 42.7 Å². The Bertz CT molecular complexity index is 1190. The summed E-state index contributed by atoms with van der Waals surface area (Å²) >= 11 is 6.53. The molecule has 0 radical (unpaired) electrons. The highest BCUT2D eigenvalue weighted by atomic mass is 35.5. The number of morpholine rings is 1. The van der Waals surface area contributed by atoms with Crippen molar-refractivity contribution in [2.75, 3.05) is 32.7 Å². The first-order valence-electron chi connectivity index (χ1n) is 13.2. The summed E-state index contributed by atoms with van der Waals surface area (Å²) in [4.78, 5) is 15.3. The number of hydrogen-bond acceptors (Lipinski definition) is 5. The molecule has 7 heteroatoms. The van der Waals surface area contributed by atoms with E-state index in [-0.39, 0.29) is 10.7 Å². The fourth-order valence-corrected chi connectivity index (χ4v) is 3.82. The molecule has 2 fully saturated rings. The molecular weight excluding hydrogens is 378 g/mol. The summed E-state index contributed by atoms with van der Waals surface area (Å²) in [5.41, 5.74) is 2.04. The number of carbonyl (C=O) groups excluding carboxylic acids is 1. The topological polar surface area (TPSA) is 58.8 Å². The predicted octanol–water partition coefficient (Wildman–Crippen LogP) is 3.58. The van der Waals surface area contributed by atoms with Crippen LogP contribution in [-0.4, -0.2) is 53.5 Å². The molecule has 3 aliphatic rings. The normalized spacial score (nSPS) is 31.2. The van der Waals surface area contributed by atoms with Gasteiger partial charge >= 0.3 is 0 Å². The van der Waals surface area contributed by atoms with Crippen molar-refractivity contribution in [3.63, 3.8) is 0 Å². The summed E-state index contributed by atoms with van der Waals surface area (Å²) in [5, 5.41) is 4.18. The summed E-state index contributed by atoms with van der Waals surface area (Å²) < 4.78 is 73.0. The summed E-state index contributed by atoms with van der Waals surface area (Å²) in [7, 11) is 0. The number of rotatable bonds is 5. The Morgan fingerprint density at radius 1 is 1.25 bits per heavy atom. The molecule has 1 amide bonds. The van der Waals surface area contributed by atoms with Gasteiger partial charge in [0.05, 0.1) is 24.1 Å². The van der Waals surface area contributed by atoms with Crippen LogP contribution in [-0.2, 0) is 17.8 Å². The van der Waals surface area contributed by atoms with Crippen LogP contribution < -0.4 is 0 Å². The lowest BCUT2D eigenvalue weighted by Gasteiger charge is -2.25. The van der Waals surface area contributed by atoms with Gasteiger partial charge in [-0.05, 0) is 42.1 Å². The van der Waals surface area contributed by atoms with Gasteiger partial charge in [-0.3, -0.25) is 9.69 Å². The minimum absolute atomic E-state index is 0.125. The Morgan fingerprint density at radius 2 is 2.07 bits per heavy atom. The standard InChI is InChI=1S/C21H24ClN3O3/c22-18-10-15(9-16-12-24(13-17(16)18)4-3-14-1-2-14)20-11-19(23-28-20)21(26)25-5-7-27-8-6-25/h9-11,14H,1-8,12-13H2/i5D2,6D2,7D2,8D2. The molecule has 0 spiro atoms. The number of carbonyl (C=O) groups is 1. The fourth-order valence-electron chi connectivity index (χ4n) is 3.52. The second-order valence-corrected chi connectivity index (χ2v) is 7.69. The molecule has 28 heavy (non-hydrogen) atoms. The lowest BCUT2D eigenvalue weighted by atomic mass is 10.0. The Balaban J connectivity index is 1.42. The third-order valence-corrected chi connectivity index (χ3v) is 5.59. The molecule has 5 rings (SSSR count). The number of nitrogens with zero attached hydrogens (tertiary/aromatic N) is 3. The molecule has 1 aromatic carbocycles. The van der Waals surface area contributed by atoms with Crippen molar-refractivity contribution in [3.05, 3.63) is 40.0 Å². The van der Waals surface area contributed by atoms with E-state index in [1.165, 1.54) is 18.9 Å². The van der Waals surface area contributed by atoms with Gasteiger partial charge in [0.25, 0.3) is 5.91 Å². The summed E-state index contributed by atoms with van der Waals surface area (Å²) in [6, 6.07) is 4.72. The molecule has 2 aliphatic heterocycles. The van der Waals surface area contributed by atoms with Gasteiger partial charge in [0.2, 0.25) is 0 Å². The number of ether oxygens (including phenoxy) is 1. The zero-order valence-corrected chi connectivity index (χ0v) is 15.8. The molecule has 0 unspecified atom stereocenters. The van der Waals surface area contributed by atoms with Gasteiger partial charge in [-0.2, -0.15) is 0 Å². The van der Waals surface area contributed by atoms with E-state index < -0.39 is 37.7 Å². The number of fused-ring (bicyclic) bond motifs is 1. The van der Waals surface area contributed by atoms with Crippen molar-refractivity contribution in [1.29, 1.82) is 0 Å². The quantitative estimate of drug-likeness (QED) is 0.755. The van der Waals surface area contributed by atoms with Gasteiger partial charge < -0.3 is 14.2 Å². The minimum atomic E-state index is -3.36. The molecule has 6 nitrogen and oxygen atoms in total. The Kier molecular flexibility index (Phi) is 3.04. The second kappa shape index (κ2) is 7.50. The maximum atomic E-state index is 13.2. The molecule has 0 atom stereocenters. The lowest BCUT2D eigenvalue weighted by molar-refractivity contribution is 0.0296. The van der Waals surface area contributed by atoms with Crippen LogP contribution in [0.1, 0.15) is 51.8 Å². The molecule has 1 saturated carbocycles. The molecule has 2 aromatic rings. The predicted molar refractivity (Wildman–Crippen MR) is 105 cm³/mol. The van der Waals surface area contributed by atoms with Crippen LogP contribution in [0.3, 0.4) is 0 Å². The number of aromatic nitrogens is 1. The van der Waals surface area contributed by atoms with E-state index in [9.17, 15) is 4.79 Å². The van der Waals surface area contributed by atoms with Crippen molar-refractivity contribution in [2.45, 2.75) is 32.4 Å². The van der Waals surface area contributed by atoms with Gasteiger partial charge in [0.1, 0.15) is 0 Å². The van der Waals surface area contributed by atoms with Gasteiger partial charge in [-0.25, -0.2) is 0 Å². The van der Waals surface area contributed by atoms with Crippen LogP contribution in [0.4, 0.5) is 0 Å². The van der Waals surface area contributed by atoms with Crippen LogP contribution in [0.2, 0.25) is 5.02 Å². The van der Waals surface area contributed by atoms with Crippen LogP contribution in [0, 0.1) is 5.92 Å². The summed E-state index contributed by atoms with van der Waals surface area (Å²) in [5.74, 6) is -0.450. The lowest BCUT2D eigenvalue weighted by Crippen LogP contribution is -2.40. The number of amides is 1. The zero-order valence-electron chi connectivity index (χ0n) is 23.0. The monoisotopic (exact) mass is 409 g/mol. The zero-order chi connectivity index (χ0) is 26.3. The van der Waals surface area contributed by atoms with E-state index in [0.717, 1.165) is 36.6 Å². The molecule has 1 saturated heterocycles. The highest BCUT2D eigenvalue weighted by molar-refractivity contribution is 6.31. The van der Waals surface area contributed by atoms with E-state index in [2.05, 4.69) is 14.8 Å². The average molecular weight is 410 g/mol. The summed E-state index contributed by atoms with van der Waals surface area (Å²) in [6.45, 7) is -11.0. The SMILES string of the molecule is [2H]C1([2H])OC([2H])([2H])C([2H])([2H])N(C(=O)c2cc(-c3cc(Cl)c4c(c3)CN(CCC3CC3)C4)on2)C1([2H])[2H]. The number of halogens is 1. The first-order chi connectivity index (χ1) is 16.6. The van der Waals surface area contributed by atoms with E-state index in [1.807, 2.05) is 6.07 Å². The highest BCUT2D eigenvalue weighted by Gasteiger charge is 2.27. The van der Waals surface area contributed by atoms with E-state index in [4.69, 9.17) is 27.1 Å². The van der Waals surface area contributed by atoms with Crippen molar-refractivity contribution < 1.29 is 25.0 Å². The molecule has 0 N–H and O–H groups in total. The first-order valence-corrected chi connectivity index (χ1v) is 9.57. The molecular formula is C21H24ClN3O3. The smallest absolute Gasteiger partial charge is 0.276 e. The maximum absolute atomic E-state index is 13.2. The Labute approximate surface area is 180 Å². The van der Waals surface area contributed by atoms with Crippen molar-refractivity contribution in [1.82, 2.24) is 15.0 Å². The van der Waals surface area contributed by atoms with E-state index in [0.29, 0.717) is 17.1 Å². The minimum Gasteiger partial charge on any atom is -0.378 e. The Morgan fingerprint density at radius 3 is 2.86 bits per heavy atom. The molecule has 1 aromatic heterocycles. The highest BCUT2D eigenvalue weighted by Crippen LogP contribution is 2.37. The van der Waals surface area contributed by atoms with Gasteiger partial charge in [0.15, 0.2) is 11.5 Å². The fraction of sp³-hybridized carbons (Fsp3) is 0.524. The van der Waals surface area contributed by atoms with Crippen molar-refractivity contribution in [3.8, 4) is 11.3 Å². The van der Waals surface area contributed by atoms with Crippen molar-refractivity contribution >= 4 is 17.5 Å². The number of hydrogen-bond donors (Lipinski definition) is 0. The van der Waals surface area contributed by atoms with Gasteiger partial charge in [-0.1, -0.05) is 29.6 Å². The van der Waals surface area contributed by atoms with Crippen LogP contribution in [0.5, 0.6) is 0 Å². The van der Waals surface area contributed by atoms with E-state index >= 15 is 0 Å². The van der Waals surface area contributed by atoms with E-state index in [1.54, 1.807) is 6.07 Å². The third kappa shape index (κ3) is 3.69. The second-order valence-electron chi connectivity index (χ2n) is 7.29. The first kappa shape index (κ1) is 11.3. The molecule has 3 heterocycles. The average Bonchev–Trinajstić information content (AvgIpc) is 3.28. The third-order valence-electron chi connectivity index (χ3n) is 5.25.